The van der Waals surface area contributed by atoms with Crippen LogP contribution in [-0.2, 0) is 11.2 Å². The fourth-order valence-electron chi connectivity index (χ4n) is 1.72. The summed E-state index contributed by atoms with van der Waals surface area (Å²) < 4.78 is 5.11. The molecule has 2 N–H and O–H groups in total. The molecular formula is C15H25N3O3S. The number of rotatable bonds is 6. The summed E-state index contributed by atoms with van der Waals surface area (Å²) in [6.07, 6.45) is 1.41. The van der Waals surface area contributed by atoms with Crippen molar-refractivity contribution in [3.8, 4) is 0 Å². The lowest BCUT2D eigenvalue weighted by molar-refractivity contribution is 0.0526. The first-order chi connectivity index (χ1) is 10.2. The zero-order chi connectivity index (χ0) is 16.8. The fourth-order valence-corrected chi connectivity index (χ4v) is 2.80. The molecule has 2 amide bonds. The number of nitrogens with one attached hydrogen (secondary N) is 2. The van der Waals surface area contributed by atoms with Crippen molar-refractivity contribution in [2.24, 2.45) is 0 Å². The van der Waals surface area contributed by atoms with Crippen LogP contribution >= 0.6 is 11.3 Å². The predicted octanol–water partition coefficient (Wildman–Crippen LogP) is 2.66. The lowest BCUT2D eigenvalue weighted by Gasteiger charge is -2.19. The van der Waals surface area contributed by atoms with Crippen molar-refractivity contribution in [1.82, 2.24) is 15.6 Å². The molecule has 0 bridgehead atoms. The molecule has 7 heteroatoms. The second-order valence-electron chi connectivity index (χ2n) is 5.96. The van der Waals surface area contributed by atoms with Gasteiger partial charge in [-0.3, -0.25) is 4.79 Å². The third-order valence-electron chi connectivity index (χ3n) is 2.59. The van der Waals surface area contributed by atoms with Crippen LogP contribution in [0.2, 0.25) is 0 Å². The van der Waals surface area contributed by atoms with Crippen molar-refractivity contribution in [2.45, 2.75) is 53.1 Å². The highest BCUT2D eigenvalue weighted by atomic mass is 32.1. The standard InChI is InChI=1S/C15H25N3O3S/c1-6-7-11-18-10(2)12(22-11)13(19)16-8-9-17-14(20)21-15(3,4)5/h6-9H2,1-5H3,(H,16,19)(H,17,20). The fraction of sp³-hybridized carbons (Fsp3) is 0.667. The largest absolute Gasteiger partial charge is 0.444 e. The number of aromatic nitrogens is 1. The van der Waals surface area contributed by atoms with E-state index in [1.165, 1.54) is 11.3 Å². The first-order valence-electron chi connectivity index (χ1n) is 7.44. The zero-order valence-corrected chi connectivity index (χ0v) is 14.7. The molecule has 124 valence electrons. The van der Waals surface area contributed by atoms with Crippen LogP contribution in [0.15, 0.2) is 0 Å². The maximum absolute atomic E-state index is 12.1. The van der Waals surface area contributed by atoms with Gasteiger partial charge >= 0.3 is 6.09 Å². The molecule has 0 radical (unpaired) electrons. The molecule has 0 aliphatic carbocycles. The summed E-state index contributed by atoms with van der Waals surface area (Å²) in [6.45, 7) is 9.99. The van der Waals surface area contributed by atoms with Gasteiger partial charge in [-0.05, 0) is 40.5 Å². The van der Waals surface area contributed by atoms with Crippen LogP contribution in [0, 0.1) is 6.92 Å². The number of hydrogen-bond donors (Lipinski definition) is 2. The molecule has 1 aromatic rings. The van der Waals surface area contributed by atoms with Gasteiger partial charge < -0.3 is 15.4 Å². The van der Waals surface area contributed by atoms with E-state index in [9.17, 15) is 9.59 Å². The van der Waals surface area contributed by atoms with Crippen molar-refractivity contribution < 1.29 is 14.3 Å². The Bertz CT molecular complexity index is 521. The van der Waals surface area contributed by atoms with Gasteiger partial charge in [0.25, 0.3) is 5.91 Å². The van der Waals surface area contributed by atoms with E-state index in [4.69, 9.17) is 4.74 Å². The normalized spacial score (nSPS) is 11.1. The van der Waals surface area contributed by atoms with Gasteiger partial charge in [-0.25, -0.2) is 9.78 Å². The molecule has 1 heterocycles. The Labute approximate surface area is 135 Å². The maximum atomic E-state index is 12.1. The smallest absolute Gasteiger partial charge is 0.407 e. The van der Waals surface area contributed by atoms with Gasteiger partial charge in [-0.1, -0.05) is 6.92 Å². The molecule has 0 saturated heterocycles. The number of thiazole rings is 1. The van der Waals surface area contributed by atoms with E-state index in [0.29, 0.717) is 18.0 Å². The SMILES string of the molecule is CCCc1nc(C)c(C(=O)NCCNC(=O)OC(C)(C)C)s1. The quantitative estimate of drug-likeness (QED) is 0.787. The Morgan fingerprint density at radius 1 is 1.23 bits per heavy atom. The summed E-state index contributed by atoms with van der Waals surface area (Å²) >= 11 is 1.43. The number of aryl methyl sites for hydroxylation is 2. The Morgan fingerprint density at radius 3 is 2.45 bits per heavy atom. The van der Waals surface area contributed by atoms with Crippen LogP contribution in [0.5, 0.6) is 0 Å². The highest BCUT2D eigenvalue weighted by molar-refractivity contribution is 7.13. The molecule has 0 unspecified atom stereocenters. The van der Waals surface area contributed by atoms with Gasteiger partial charge in [-0.15, -0.1) is 11.3 Å². The highest BCUT2D eigenvalue weighted by Crippen LogP contribution is 2.19. The predicted molar refractivity (Wildman–Crippen MR) is 87.4 cm³/mol. The van der Waals surface area contributed by atoms with Gasteiger partial charge in [0.15, 0.2) is 0 Å². The van der Waals surface area contributed by atoms with E-state index in [0.717, 1.165) is 23.5 Å². The number of amides is 2. The van der Waals surface area contributed by atoms with Crippen LogP contribution in [0.25, 0.3) is 0 Å². The third-order valence-corrected chi connectivity index (χ3v) is 3.81. The molecule has 0 aromatic carbocycles. The average Bonchev–Trinajstić information content (AvgIpc) is 2.74. The number of hydrogen-bond acceptors (Lipinski definition) is 5. The minimum atomic E-state index is -0.525. The van der Waals surface area contributed by atoms with Gasteiger partial charge in [-0.2, -0.15) is 0 Å². The van der Waals surface area contributed by atoms with E-state index in [1.54, 1.807) is 20.8 Å². The van der Waals surface area contributed by atoms with Crippen molar-refractivity contribution >= 4 is 23.3 Å². The van der Waals surface area contributed by atoms with Gasteiger partial charge in [0.2, 0.25) is 0 Å². The minimum Gasteiger partial charge on any atom is -0.444 e. The van der Waals surface area contributed by atoms with Crippen molar-refractivity contribution in [3.63, 3.8) is 0 Å². The summed E-state index contributed by atoms with van der Waals surface area (Å²) in [4.78, 5) is 28.5. The molecule has 0 saturated carbocycles. The number of alkyl carbamates (subject to hydrolysis) is 1. The molecular weight excluding hydrogens is 302 g/mol. The minimum absolute atomic E-state index is 0.150. The Balaban J connectivity index is 2.36. The first kappa shape index (κ1) is 18.4. The van der Waals surface area contributed by atoms with E-state index in [2.05, 4.69) is 22.5 Å². The molecule has 1 rings (SSSR count). The number of ether oxygens (including phenoxy) is 1. The second-order valence-corrected chi connectivity index (χ2v) is 7.04. The lowest BCUT2D eigenvalue weighted by atomic mass is 10.2. The second kappa shape index (κ2) is 8.12. The third kappa shape index (κ3) is 6.43. The molecule has 0 aliphatic heterocycles. The van der Waals surface area contributed by atoms with Crippen LogP contribution in [0.3, 0.4) is 0 Å². The van der Waals surface area contributed by atoms with E-state index >= 15 is 0 Å². The number of carbonyl (C=O) groups excluding carboxylic acids is 2. The summed E-state index contributed by atoms with van der Waals surface area (Å²) in [6, 6.07) is 0. The number of carbonyl (C=O) groups is 2. The van der Waals surface area contributed by atoms with Gasteiger partial charge in [0.1, 0.15) is 10.5 Å². The lowest BCUT2D eigenvalue weighted by Crippen LogP contribution is -2.37. The maximum Gasteiger partial charge on any atom is 0.407 e. The molecule has 0 atom stereocenters. The first-order valence-corrected chi connectivity index (χ1v) is 8.26. The van der Waals surface area contributed by atoms with E-state index in [-0.39, 0.29) is 5.91 Å². The Morgan fingerprint density at radius 2 is 1.86 bits per heavy atom. The van der Waals surface area contributed by atoms with Crippen molar-refractivity contribution in [1.29, 1.82) is 0 Å². The summed E-state index contributed by atoms with van der Waals surface area (Å²) in [5, 5.41) is 6.36. The summed E-state index contributed by atoms with van der Waals surface area (Å²) in [5.41, 5.74) is 0.231. The molecule has 0 spiro atoms. The topological polar surface area (TPSA) is 80.3 Å². The van der Waals surface area contributed by atoms with Crippen LogP contribution in [-0.4, -0.2) is 35.7 Å². The molecule has 22 heavy (non-hydrogen) atoms. The van der Waals surface area contributed by atoms with Crippen LogP contribution < -0.4 is 10.6 Å². The van der Waals surface area contributed by atoms with Gasteiger partial charge in [0, 0.05) is 13.1 Å². The Hall–Kier alpha value is -1.63. The summed E-state index contributed by atoms with van der Waals surface area (Å²) in [5.74, 6) is -0.150. The zero-order valence-electron chi connectivity index (χ0n) is 13.9. The molecule has 0 aliphatic rings. The van der Waals surface area contributed by atoms with E-state index in [1.807, 2.05) is 6.92 Å². The van der Waals surface area contributed by atoms with Crippen molar-refractivity contribution in [2.75, 3.05) is 13.1 Å². The Kier molecular flexibility index (Phi) is 6.80. The molecule has 1 aromatic heterocycles. The van der Waals surface area contributed by atoms with Crippen molar-refractivity contribution in [3.05, 3.63) is 15.6 Å². The highest BCUT2D eigenvalue weighted by Gasteiger charge is 2.16. The molecule has 0 fully saturated rings. The van der Waals surface area contributed by atoms with Crippen LogP contribution in [0.4, 0.5) is 4.79 Å². The summed E-state index contributed by atoms with van der Waals surface area (Å²) in [7, 11) is 0. The number of nitrogens with zero attached hydrogens (tertiary/aromatic N) is 1. The van der Waals surface area contributed by atoms with E-state index < -0.39 is 11.7 Å². The monoisotopic (exact) mass is 327 g/mol. The van der Waals surface area contributed by atoms with Crippen LogP contribution in [0.1, 0.15) is 54.5 Å². The average molecular weight is 327 g/mol. The van der Waals surface area contributed by atoms with Gasteiger partial charge in [0.05, 0.1) is 10.7 Å². The molecule has 6 nitrogen and oxygen atoms in total.